The van der Waals surface area contributed by atoms with Crippen LogP contribution >= 0.6 is 11.8 Å². The second-order valence-corrected chi connectivity index (χ2v) is 3.65. The van der Waals surface area contributed by atoms with Gasteiger partial charge in [-0.05, 0) is 12.3 Å². The topological polar surface area (TPSA) is 66.3 Å². The molecule has 14 heavy (non-hydrogen) atoms. The van der Waals surface area contributed by atoms with E-state index in [4.69, 9.17) is 5.11 Å². The van der Waals surface area contributed by atoms with Gasteiger partial charge < -0.3 is 10.0 Å². The zero-order chi connectivity index (χ0) is 10.7. The molecular weight excluding hydrogens is 202 g/mol. The van der Waals surface area contributed by atoms with Crippen molar-refractivity contribution >= 4 is 23.5 Å². The van der Waals surface area contributed by atoms with Crippen LogP contribution in [-0.2, 0) is 0 Å². The Kier molecular flexibility index (Phi) is 3.29. The first kappa shape index (κ1) is 10.8. The zero-order valence-electron chi connectivity index (χ0n) is 8.18. The standard InChI is InChI=1S/C8H11N3O2S/c1-11(2)7-5(8(12)13)4-6(14-3)9-10-7/h4H,1-3H3,(H,12,13). The summed E-state index contributed by atoms with van der Waals surface area (Å²) in [6.45, 7) is 0. The quantitative estimate of drug-likeness (QED) is 0.754. The minimum absolute atomic E-state index is 0.175. The van der Waals surface area contributed by atoms with Gasteiger partial charge in [-0.1, -0.05) is 0 Å². The SMILES string of the molecule is CSc1cc(C(=O)O)c(N(C)C)nn1. The maximum Gasteiger partial charge on any atom is 0.339 e. The lowest BCUT2D eigenvalue weighted by molar-refractivity contribution is 0.0696. The molecule has 0 saturated heterocycles. The van der Waals surface area contributed by atoms with Crippen molar-refractivity contribution in [2.24, 2.45) is 0 Å². The lowest BCUT2D eigenvalue weighted by Crippen LogP contribution is -2.16. The summed E-state index contributed by atoms with van der Waals surface area (Å²) in [5.41, 5.74) is 0.175. The monoisotopic (exact) mass is 213 g/mol. The van der Waals surface area contributed by atoms with E-state index in [1.807, 2.05) is 6.26 Å². The number of aromatic nitrogens is 2. The lowest BCUT2D eigenvalue weighted by atomic mass is 10.3. The summed E-state index contributed by atoms with van der Waals surface area (Å²) in [5, 5.41) is 17.2. The van der Waals surface area contributed by atoms with Crippen LogP contribution in [0.25, 0.3) is 0 Å². The second-order valence-electron chi connectivity index (χ2n) is 2.82. The minimum atomic E-state index is -0.987. The summed E-state index contributed by atoms with van der Waals surface area (Å²) in [4.78, 5) is 12.5. The van der Waals surface area contributed by atoms with E-state index >= 15 is 0 Å². The van der Waals surface area contributed by atoms with E-state index in [2.05, 4.69) is 10.2 Å². The molecule has 76 valence electrons. The molecule has 1 aromatic rings. The van der Waals surface area contributed by atoms with Gasteiger partial charge in [-0.3, -0.25) is 0 Å². The molecule has 0 aliphatic carbocycles. The van der Waals surface area contributed by atoms with Crippen LogP contribution in [0.1, 0.15) is 10.4 Å². The molecule has 1 heterocycles. The summed E-state index contributed by atoms with van der Waals surface area (Å²) in [5.74, 6) is -0.616. The highest BCUT2D eigenvalue weighted by molar-refractivity contribution is 7.98. The van der Waals surface area contributed by atoms with Gasteiger partial charge in [0.15, 0.2) is 5.82 Å². The van der Waals surface area contributed by atoms with Crippen LogP contribution < -0.4 is 4.90 Å². The number of anilines is 1. The molecule has 0 fully saturated rings. The summed E-state index contributed by atoms with van der Waals surface area (Å²) in [6.07, 6.45) is 1.82. The van der Waals surface area contributed by atoms with Crippen LogP contribution in [-0.4, -0.2) is 41.6 Å². The highest BCUT2D eigenvalue weighted by Crippen LogP contribution is 2.19. The predicted octanol–water partition coefficient (Wildman–Crippen LogP) is 0.963. The van der Waals surface area contributed by atoms with Gasteiger partial charge in [-0.2, -0.15) is 0 Å². The Morgan fingerprint density at radius 3 is 2.57 bits per heavy atom. The Bertz CT molecular complexity index is 354. The number of carbonyl (C=O) groups is 1. The van der Waals surface area contributed by atoms with Gasteiger partial charge in [-0.15, -0.1) is 22.0 Å². The first-order chi connectivity index (χ1) is 6.56. The first-order valence-corrected chi connectivity index (χ1v) is 5.11. The van der Waals surface area contributed by atoms with Gasteiger partial charge in [-0.25, -0.2) is 4.79 Å². The normalized spacial score (nSPS) is 9.93. The van der Waals surface area contributed by atoms with Crippen molar-refractivity contribution in [2.75, 3.05) is 25.3 Å². The first-order valence-electron chi connectivity index (χ1n) is 3.88. The van der Waals surface area contributed by atoms with Gasteiger partial charge >= 0.3 is 5.97 Å². The maximum absolute atomic E-state index is 10.9. The van der Waals surface area contributed by atoms with Crippen molar-refractivity contribution < 1.29 is 9.90 Å². The fourth-order valence-electron chi connectivity index (χ4n) is 0.955. The molecule has 0 unspecified atom stereocenters. The third-order valence-electron chi connectivity index (χ3n) is 1.62. The Hall–Kier alpha value is -1.30. The Balaban J connectivity index is 3.24. The Labute approximate surface area is 86.1 Å². The number of aromatic carboxylic acids is 1. The van der Waals surface area contributed by atoms with E-state index in [1.165, 1.54) is 17.8 Å². The number of hydrogen-bond donors (Lipinski definition) is 1. The van der Waals surface area contributed by atoms with Crippen molar-refractivity contribution in [1.82, 2.24) is 10.2 Å². The molecule has 0 amide bonds. The third kappa shape index (κ3) is 2.14. The van der Waals surface area contributed by atoms with E-state index in [9.17, 15) is 4.79 Å². The minimum Gasteiger partial charge on any atom is -0.478 e. The van der Waals surface area contributed by atoms with E-state index in [1.54, 1.807) is 19.0 Å². The molecule has 1 rings (SSSR count). The highest BCUT2D eigenvalue weighted by Gasteiger charge is 2.14. The van der Waals surface area contributed by atoms with Crippen LogP contribution in [0.5, 0.6) is 0 Å². The summed E-state index contributed by atoms with van der Waals surface area (Å²) < 4.78 is 0. The average Bonchev–Trinajstić information content (AvgIpc) is 2.16. The molecule has 0 spiro atoms. The van der Waals surface area contributed by atoms with Gasteiger partial charge in [0, 0.05) is 14.1 Å². The fourth-order valence-corrected chi connectivity index (χ4v) is 1.31. The third-order valence-corrected chi connectivity index (χ3v) is 2.23. The molecule has 5 nitrogen and oxygen atoms in total. The van der Waals surface area contributed by atoms with Crippen molar-refractivity contribution in [1.29, 1.82) is 0 Å². The summed E-state index contributed by atoms with van der Waals surface area (Å²) in [7, 11) is 3.46. The largest absolute Gasteiger partial charge is 0.478 e. The second kappa shape index (κ2) is 4.28. The van der Waals surface area contributed by atoms with Crippen molar-refractivity contribution in [3.05, 3.63) is 11.6 Å². The molecular formula is C8H11N3O2S. The molecule has 0 saturated carbocycles. The predicted molar refractivity (Wildman–Crippen MR) is 55.1 cm³/mol. The van der Waals surface area contributed by atoms with Gasteiger partial charge in [0.1, 0.15) is 10.6 Å². The average molecular weight is 213 g/mol. The van der Waals surface area contributed by atoms with Gasteiger partial charge in [0.2, 0.25) is 0 Å². The van der Waals surface area contributed by atoms with E-state index < -0.39 is 5.97 Å². The van der Waals surface area contributed by atoms with E-state index in [0.717, 1.165) is 0 Å². The van der Waals surface area contributed by atoms with Crippen molar-refractivity contribution in [2.45, 2.75) is 5.03 Å². The molecule has 0 bridgehead atoms. The van der Waals surface area contributed by atoms with Crippen molar-refractivity contribution in [3.8, 4) is 0 Å². The zero-order valence-corrected chi connectivity index (χ0v) is 9.00. The number of carboxylic acids is 1. The van der Waals surface area contributed by atoms with Crippen LogP contribution in [0.4, 0.5) is 5.82 Å². The number of carboxylic acid groups (broad SMARTS) is 1. The molecule has 0 aliphatic rings. The van der Waals surface area contributed by atoms with Crippen LogP contribution in [0, 0.1) is 0 Å². The fraction of sp³-hybridized carbons (Fsp3) is 0.375. The Morgan fingerprint density at radius 1 is 1.50 bits per heavy atom. The Morgan fingerprint density at radius 2 is 2.14 bits per heavy atom. The van der Waals surface area contributed by atoms with Crippen LogP contribution in [0.2, 0.25) is 0 Å². The van der Waals surface area contributed by atoms with E-state index in [0.29, 0.717) is 10.8 Å². The maximum atomic E-state index is 10.9. The molecule has 0 atom stereocenters. The smallest absolute Gasteiger partial charge is 0.339 e. The molecule has 6 heteroatoms. The van der Waals surface area contributed by atoms with Crippen molar-refractivity contribution in [3.63, 3.8) is 0 Å². The van der Waals surface area contributed by atoms with Crippen LogP contribution in [0.15, 0.2) is 11.1 Å². The molecule has 1 N–H and O–H groups in total. The van der Waals surface area contributed by atoms with E-state index in [-0.39, 0.29) is 5.56 Å². The van der Waals surface area contributed by atoms with Gasteiger partial charge in [0.05, 0.1) is 0 Å². The highest BCUT2D eigenvalue weighted by atomic mass is 32.2. The molecule has 0 radical (unpaired) electrons. The number of hydrogen-bond acceptors (Lipinski definition) is 5. The molecule has 0 aromatic carbocycles. The molecule has 1 aromatic heterocycles. The van der Waals surface area contributed by atoms with Crippen LogP contribution in [0.3, 0.4) is 0 Å². The summed E-state index contributed by atoms with van der Waals surface area (Å²) in [6, 6.07) is 1.52. The number of thioether (sulfide) groups is 1. The summed E-state index contributed by atoms with van der Waals surface area (Å²) >= 11 is 1.37. The number of rotatable bonds is 3. The number of nitrogens with zero attached hydrogens (tertiary/aromatic N) is 3. The molecule has 0 aliphatic heterocycles. The lowest BCUT2D eigenvalue weighted by Gasteiger charge is -2.12. The van der Waals surface area contributed by atoms with Gasteiger partial charge in [0.25, 0.3) is 0 Å².